The van der Waals surface area contributed by atoms with Gasteiger partial charge in [-0.1, -0.05) is 23.7 Å². The van der Waals surface area contributed by atoms with Gasteiger partial charge in [0.05, 0.1) is 22.6 Å². The van der Waals surface area contributed by atoms with E-state index in [1.165, 1.54) is 6.92 Å². The highest BCUT2D eigenvalue weighted by atomic mass is 35.5. The van der Waals surface area contributed by atoms with E-state index in [1.54, 1.807) is 23.0 Å². The van der Waals surface area contributed by atoms with Gasteiger partial charge in [-0.2, -0.15) is 5.10 Å². The molecule has 25 heavy (non-hydrogen) atoms. The van der Waals surface area contributed by atoms with Gasteiger partial charge in [0.1, 0.15) is 11.6 Å². The third kappa shape index (κ3) is 3.80. The van der Waals surface area contributed by atoms with Crippen LogP contribution in [0.1, 0.15) is 23.0 Å². The molecule has 0 aliphatic rings. The number of aromatic nitrogens is 3. The van der Waals surface area contributed by atoms with E-state index < -0.39 is 0 Å². The van der Waals surface area contributed by atoms with Crippen molar-refractivity contribution in [3.63, 3.8) is 0 Å². The summed E-state index contributed by atoms with van der Waals surface area (Å²) in [6.07, 6.45) is 1.56. The average molecular weight is 356 g/mol. The van der Waals surface area contributed by atoms with Crippen LogP contribution in [0, 0.1) is 6.92 Å². The molecule has 7 heteroatoms. The molecule has 0 aliphatic carbocycles. The Hall–Kier alpha value is -2.86. The van der Waals surface area contributed by atoms with Crippen molar-refractivity contribution < 1.29 is 4.79 Å². The maximum atomic E-state index is 11.8. The van der Waals surface area contributed by atoms with Gasteiger partial charge in [0, 0.05) is 30.4 Å². The molecule has 0 atom stereocenters. The van der Waals surface area contributed by atoms with E-state index in [9.17, 15) is 4.79 Å². The fourth-order valence-corrected chi connectivity index (χ4v) is 2.66. The fraction of sp³-hybridized carbons (Fsp3) is 0.167. The second-order valence-electron chi connectivity index (χ2n) is 5.70. The fourth-order valence-electron chi connectivity index (χ4n) is 2.51. The van der Waals surface area contributed by atoms with Crippen molar-refractivity contribution in [2.45, 2.75) is 13.8 Å². The molecule has 0 saturated carbocycles. The van der Waals surface area contributed by atoms with Crippen LogP contribution in [0.3, 0.4) is 0 Å². The zero-order chi connectivity index (χ0) is 18.0. The Kier molecular flexibility index (Phi) is 4.72. The number of carbonyl (C=O) groups is 1. The smallest absolute Gasteiger partial charge is 0.161 e. The Labute approximate surface area is 150 Å². The number of aryl methyl sites for hydroxylation is 2. The van der Waals surface area contributed by atoms with E-state index in [0.717, 1.165) is 11.5 Å². The first-order valence-electron chi connectivity index (χ1n) is 7.74. The number of nitrogens with zero attached hydrogens (tertiary/aromatic N) is 3. The summed E-state index contributed by atoms with van der Waals surface area (Å²) in [4.78, 5) is 16.1. The van der Waals surface area contributed by atoms with E-state index in [2.05, 4.69) is 20.7 Å². The number of carbonyl (C=O) groups excluding carboxylic acids is 1. The third-order valence-electron chi connectivity index (χ3n) is 3.69. The molecule has 3 aromatic rings. The Morgan fingerprint density at radius 1 is 1.16 bits per heavy atom. The number of para-hydroxylation sites is 1. The minimum absolute atomic E-state index is 0.0167. The van der Waals surface area contributed by atoms with Crippen LogP contribution >= 0.6 is 11.6 Å². The molecular formula is C18H18ClN5O. The molecule has 6 nitrogen and oxygen atoms in total. The van der Waals surface area contributed by atoms with Crippen molar-refractivity contribution >= 4 is 40.4 Å². The predicted octanol–water partition coefficient (Wildman–Crippen LogP) is 4.47. The van der Waals surface area contributed by atoms with E-state index in [0.29, 0.717) is 27.8 Å². The lowest BCUT2D eigenvalue weighted by atomic mass is 10.1. The topological polar surface area (TPSA) is 71.8 Å². The highest BCUT2D eigenvalue weighted by molar-refractivity contribution is 6.33. The summed E-state index contributed by atoms with van der Waals surface area (Å²) < 4.78 is 1.74. The summed E-state index contributed by atoms with van der Waals surface area (Å²) in [7, 11) is 1.85. The maximum absolute atomic E-state index is 11.8. The molecule has 0 unspecified atom stereocenters. The molecule has 0 fully saturated rings. The third-order valence-corrected chi connectivity index (χ3v) is 3.99. The molecule has 2 aromatic heterocycles. The van der Waals surface area contributed by atoms with Crippen molar-refractivity contribution in [2.75, 3.05) is 10.6 Å². The summed E-state index contributed by atoms with van der Waals surface area (Å²) in [5.41, 5.74) is 2.87. The highest BCUT2D eigenvalue weighted by Gasteiger charge is 2.10. The Balaban J connectivity index is 1.90. The monoisotopic (exact) mass is 355 g/mol. The lowest BCUT2D eigenvalue weighted by Crippen LogP contribution is -2.03. The number of rotatable bonds is 5. The Morgan fingerprint density at radius 3 is 2.60 bits per heavy atom. The standard InChI is InChI=1S/C18H18ClN5O/c1-11-8-18(24(3)23-11)22-17-9-16(14(19)10-20-17)21-15-7-5-4-6-13(15)12(2)25/h4-10H,1-3H3,(H2,20,21,22). The van der Waals surface area contributed by atoms with Crippen LogP contribution in [0.5, 0.6) is 0 Å². The van der Waals surface area contributed by atoms with Crippen LogP contribution in [0.25, 0.3) is 0 Å². The largest absolute Gasteiger partial charge is 0.354 e. The van der Waals surface area contributed by atoms with Crippen molar-refractivity contribution in [1.82, 2.24) is 14.8 Å². The first-order chi connectivity index (χ1) is 11.9. The Morgan fingerprint density at radius 2 is 1.92 bits per heavy atom. The van der Waals surface area contributed by atoms with Gasteiger partial charge in [0.25, 0.3) is 0 Å². The number of ketones is 1. The van der Waals surface area contributed by atoms with E-state index in [-0.39, 0.29) is 5.78 Å². The normalized spacial score (nSPS) is 10.6. The molecule has 0 amide bonds. The molecule has 0 bridgehead atoms. The van der Waals surface area contributed by atoms with Crippen LogP contribution in [0.15, 0.2) is 42.6 Å². The van der Waals surface area contributed by atoms with Crippen LogP contribution < -0.4 is 10.6 Å². The molecule has 0 saturated heterocycles. The van der Waals surface area contributed by atoms with Gasteiger partial charge in [0.2, 0.25) is 0 Å². The number of Topliss-reactive ketones (excluding diaryl/α,β-unsaturated/α-hetero) is 1. The molecule has 2 heterocycles. The average Bonchev–Trinajstić information content (AvgIpc) is 2.88. The molecule has 1 aromatic carbocycles. The maximum Gasteiger partial charge on any atom is 0.161 e. The zero-order valence-electron chi connectivity index (χ0n) is 14.2. The quantitative estimate of drug-likeness (QED) is 0.661. The molecule has 2 N–H and O–H groups in total. The predicted molar refractivity (Wildman–Crippen MR) is 100 cm³/mol. The van der Waals surface area contributed by atoms with Gasteiger partial charge < -0.3 is 10.6 Å². The van der Waals surface area contributed by atoms with Gasteiger partial charge in [-0.05, 0) is 26.0 Å². The molecule has 0 aliphatic heterocycles. The number of hydrogen-bond donors (Lipinski definition) is 2. The van der Waals surface area contributed by atoms with Gasteiger partial charge in [0.15, 0.2) is 5.78 Å². The zero-order valence-corrected chi connectivity index (χ0v) is 14.9. The van der Waals surface area contributed by atoms with Crippen LogP contribution in [0.2, 0.25) is 5.02 Å². The van der Waals surface area contributed by atoms with Gasteiger partial charge in [-0.25, -0.2) is 4.98 Å². The number of pyridine rings is 1. The molecule has 128 valence electrons. The second-order valence-corrected chi connectivity index (χ2v) is 6.10. The minimum Gasteiger partial charge on any atom is -0.354 e. The van der Waals surface area contributed by atoms with Crippen molar-refractivity contribution in [3.05, 3.63) is 58.9 Å². The molecule has 0 radical (unpaired) electrons. The van der Waals surface area contributed by atoms with Crippen LogP contribution in [-0.4, -0.2) is 20.5 Å². The number of halogens is 1. The summed E-state index contributed by atoms with van der Waals surface area (Å²) in [5, 5.41) is 11.2. The summed E-state index contributed by atoms with van der Waals surface area (Å²) in [6, 6.07) is 11.0. The van der Waals surface area contributed by atoms with E-state index in [1.807, 2.05) is 38.2 Å². The van der Waals surface area contributed by atoms with Gasteiger partial charge >= 0.3 is 0 Å². The summed E-state index contributed by atoms with van der Waals surface area (Å²) >= 11 is 6.26. The van der Waals surface area contributed by atoms with Crippen molar-refractivity contribution in [1.29, 1.82) is 0 Å². The number of anilines is 4. The lowest BCUT2D eigenvalue weighted by Gasteiger charge is -2.13. The number of benzene rings is 1. The van der Waals surface area contributed by atoms with Crippen LogP contribution in [0.4, 0.5) is 23.0 Å². The first kappa shape index (κ1) is 17.0. The first-order valence-corrected chi connectivity index (χ1v) is 8.12. The molecular weight excluding hydrogens is 338 g/mol. The molecule has 0 spiro atoms. The summed E-state index contributed by atoms with van der Waals surface area (Å²) in [5.74, 6) is 1.43. The Bertz CT molecular complexity index is 935. The van der Waals surface area contributed by atoms with Crippen LogP contribution in [-0.2, 0) is 7.05 Å². The summed E-state index contributed by atoms with van der Waals surface area (Å²) in [6.45, 7) is 3.46. The van der Waals surface area contributed by atoms with Crippen molar-refractivity contribution in [2.24, 2.45) is 7.05 Å². The van der Waals surface area contributed by atoms with Crippen molar-refractivity contribution in [3.8, 4) is 0 Å². The number of nitrogens with one attached hydrogen (secondary N) is 2. The van der Waals surface area contributed by atoms with Gasteiger partial charge in [-0.15, -0.1) is 0 Å². The SMILES string of the molecule is CC(=O)c1ccccc1Nc1cc(Nc2cc(C)nn2C)ncc1Cl. The highest BCUT2D eigenvalue weighted by Crippen LogP contribution is 2.29. The number of hydrogen-bond acceptors (Lipinski definition) is 5. The lowest BCUT2D eigenvalue weighted by molar-refractivity contribution is 0.101. The van der Waals surface area contributed by atoms with E-state index >= 15 is 0 Å². The van der Waals surface area contributed by atoms with Gasteiger partial charge in [-0.3, -0.25) is 9.48 Å². The van der Waals surface area contributed by atoms with E-state index in [4.69, 9.17) is 11.6 Å². The second kappa shape index (κ2) is 6.94. The minimum atomic E-state index is -0.0167. The molecule has 3 rings (SSSR count).